The fourth-order valence-electron chi connectivity index (χ4n) is 3.42. The first kappa shape index (κ1) is 22.3. The van der Waals surface area contributed by atoms with Crippen LogP contribution in [-0.4, -0.2) is 28.4 Å². The van der Waals surface area contributed by atoms with Crippen LogP contribution in [0.4, 0.5) is 8.78 Å². The Kier molecular flexibility index (Phi) is 6.83. The summed E-state index contributed by atoms with van der Waals surface area (Å²) in [6, 6.07) is 17.3. The highest BCUT2D eigenvalue weighted by Crippen LogP contribution is 2.17. The number of fused-ring (bicyclic) bond motifs is 1. The van der Waals surface area contributed by atoms with Crippen LogP contribution in [-0.2, 0) is 13.0 Å². The van der Waals surface area contributed by atoms with Crippen LogP contribution in [0, 0.1) is 6.92 Å². The highest BCUT2D eigenvalue weighted by molar-refractivity contribution is 5.94. The van der Waals surface area contributed by atoms with Crippen molar-refractivity contribution in [3.63, 3.8) is 0 Å². The minimum atomic E-state index is -2.85. The van der Waals surface area contributed by atoms with E-state index in [9.17, 15) is 13.6 Å². The van der Waals surface area contributed by atoms with E-state index in [0.29, 0.717) is 24.3 Å². The lowest BCUT2D eigenvalue weighted by atomic mass is 10.1. The first-order valence-electron chi connectivity index (χ1n) is 10.5. The third-order valence-corrected chi connectivity index (χ3v) is 5.06. The van der Waals surface area contributed by atoms with Crippen LogP contribution in [0.5, 0.6) is 11.5 Å². The molecule has 0 atom stereocenters. The number of halogens is 2. The number of benzene rings is 2. The van der Waals surface area contributed by atoms with Gasteiger partial charge in [0.25, 0.3) is 5.91 Å². The number of nitrogens with zero attached hydrogens (tertiary/aromatic N) is 2. The number of hydrogen-bond donors (Lipinski definition) is 1. The second-order valence-electron chi connectivity index (χ2n) is 7.50. The maximum absolute atomic E-state index is 12.5. The summed E-state index contributed by atoms with van der Waals surface area (Å²) in [6.07, 6.45) is 4.42. The van der Waals surface area contributed by atoms with E-state index in [1.54, 1.807) is 36.4 Å². The molecule has 4 rings (SSSR count). The van der Waals surface area contributed by atoms with Gasteiger partial charge in [-0.3, -0.25) is 4.79 Å². The van der Waals surface area contributed by atoms with Crippen LogP contribution in [0.15, 0.2) is 73.1 Å². The number of alkyl halides is 2. The number of amides is 1. The van der Waals surface area contributed by atoms with Gasteiger partial charge in [-0.15, -0.1) is 0 Å². The Morgan fingerprint density at radius 1 is 1.09 bits per heavy atom. The zero-order valence-corrected chi connectivity index (χ0v) is 18.0. The lowest BCUT2D eigenvalue weighted by Crippen LogP contribution is -2.25. The SMILES string of the molecule is Cc1cccn2cc(COc3cccc(C(=O)NCCc4ccc(OC(F)F)cc4)c3)nc12. The van der Waals surface area contributed by atoms with Gasteiger partial charge in [-0.25, -0.2) is 4.98 Å². The number of pyridine rings is 1. The summed E-state index contributed by atoms with van der Waals surface area (Å²) < 4.78 is 36.6. The fraction of sp³-hybridized carbons (Fsp3) is 0.200. The zero-order chi connectivity index (χ0) is 23.2. The summed E-state index contributed by atoms with van der Waals surface area (Å²) in [5.41, 5.74) is 4.15. The maximum atomic E-state index is 12.5. The Hall–Kier alpha value is -3.94. The number of imidazole rings is 1. The standard InChI is InChI=1S/C25H23F2N3O3/c1-17-4-3-13-30-15-20(29-23(17)30)16-32-22-6-2-5-19(14-22)24(31)28-12-11-18-7-9-21(10-8-18)33-25(26)27/h2-10,13-15,25H,11-12,16H2,1H3,(H,28,31). The summed E-state index contributed by atoms with van der Waals surface area (Å²) in [7, 11) is 0. The maximum Gasteiger partial charge on any atom is 0.387 e. The molecule has 8 heteroatoms. The smallest absolute Gasteiger partial charge is 0.387 e. The normalized spacial score (nSPS) is 11.0. The van der Waals surface area contributed by atoms with Crippen LogP contribution in [0.25, 0.3) is 5.65 Å². The average Bonchev–Trinajstić information content (AvgIpc) is 3.23. The molecule has 0 aliphatic rings. The molecule has 0 unspecified atom stereocenters. The molecule has 0 aliphatic heterocycles. The van der Waals surface area contributed by atoms with Crippen molar-refractivity contribution in [2.45, 2.75) is 26.6 Å². The molecule has 4 aromatic rings. The van der Waals surface area contributed by atoms with Gasteiger partial charge in [-0.1, -0.05) is 24.3 Å². The van der Waals surface area contributed by atoms with Gasteiger partial charge in [0.1, 0.15) is 23.8 Å². The topological polar surface area (TPSA) is 64.9 Å². The van der Waals surface area contributed by atoms with Gasteiger partial charge in [0, 0.05) is 24.5 Å². The summed E-state index contributed by atoms with van der Waals surface area (Å²) >= 11 is 0. The molecule has 0 spiro atoms. The molecule has 0 radical (unpaired) electrons. The molecule has 2 aromatic carbocycles. The third kappa shape index (κ3) is 5.85. The van der Waals surface area contributed by atoms with Gasteiger partial charge in [0.2, 0.25) is 0 Å². The second-order valence-corrected chi connectivity index (χ2v) is 7.50. The molecular weight excluding hydrogens is 428 g/mol. The molecule has 0 fully saturated rings. The number of aromatic nitrogens is 2. The quantitative estimate of drug-likeness (QED) is 0.397. The van der Waals surface area contributed by atoms with E-state index in [2.05, 4.69) is 15.0 Å². The van der Waals surface area contributed by atoms with Crippen LogP contribution in [0.2, 0.25) is 0 Å². The minimum Gasteiger partial charge on any atom is -0.487 e. The largest absolute Gasteiger partial charge is 0.487 e. The highest BCUT2D eigenvalue weighted by atomic mass is 19.3. The molecule has 170 valence electrons. The van der Waals surface area contributed by atoms with Crippen molar-refractivity contribution in [2.75, 3.05) is 6.54 Å². The van der Waals surface area contributed by atoms with Crippen LogP contribution < -0.4 is 14.8 Å². The van der Waals surface area contributed by atoms with Crippen molar-refractivity contribution in [3.05, 3.63) is 95.4 Å². The van der Waals surface area contributed by atoms with E-state index in [4.69, 9.17) is 4.74 Å². The van der Waals surface area contributed by atoms with Crippen LogP contribution in [0.3, 0.4) is 0 Å². The molecule has 6 nitrogen and oxygen atoms in total. The van der Waals surface area contributed by atoms with Crippen LogP contribution >= 0.6 is 0 Å². The molecule has 0 bridgehead atoms. The van der Waals surface area contributed by atoms with E-state index >= 15 is 0 Å². The van der Waals surface area contributed by atoms with Crippen molar-refractivity contribution in [3.8, 4) is 11.5 Å². The van der Waals surface area contributed by atoms with Gasteiger partial charge in [-0.2, -0.15) is 8.78 Å². The molecule has 1 N–H and O–H groups in total. The van der Waals surface area contributed by atoms with E-state index in [-0.39, 0.29) is 18.3 Å². The van der Waals surface area contributed by atoms with Gasteiger partial charge >= 0.3 is 6.61 Å². The van der Waals surface area contributed by atoms with Gasteiger partial charge in [0.05, 0.1) is 5.69 Å². The number of aryl methyl sites for hydroxylation is 1. The van der Waals surface area contributed by atoms with E-state index in [1.807, 2.05) is 35.9 Å². The number of carbonyl (C=O) groups is 1. The predicted octanol–water partition coefficient (Wildman–Crippen LogP) is 4.80. The Labute approximate surface area is 189 Å². The Morgan fingerprint density at radius 3 is 2.67 bits per heavy atom. The number of hydrogen-bond acceptors (Lipinski definition) is 4. The predicted molar refractivity (Wildman–Crippen MR) is 120 cm³/mol. The van der Waals surface area contributed by atoms with Crippen molar-refractivity contribution in [1.29, 1.82) is 0 Å². The molecular formula is C25H23F2N3O3. The third-order valence-electron chi connectivity index (χ3n) is 5.06. The molecule has 1 amide bonds. The van der Waals surface area contributed by atoms with Gasteiger partial charge in [0.15, 0.2) is 0 Å². The lowest BCUT2D eigenvalue weighted by molar-refractivity contribution is -0.0498. The molecule has 33 heavy (non-hydrogen) atoms. The van der Waals surface area contributed by atoms with E-state index < -0.39 is 6.61 Å². The van der Waals surface area contributed by atoms with Crippen molar-refractivity contribution < 1.29 is 23.0 Å². The minimum absolute atomic E-state index is 0.105. The fourth-order valence-corrected chi connectivity index (χ4v) is 3.42. The summed E-state index contributed by atoms with van der Waals surface area (Å²) in [6.45, 7) is -0.151. The number of ether oxygens (including phenoxy) is 2. The summed E-state index contributed by atoms with van der Waals surface area (Å²) in [5, 5.41) is 2.86. The molecule has 0 saturated heterocycles. The molecule has 0 saturated carbocycles. The summed E-state index contributed by atoms with van der Waals surface area (Å²) in [5.74, 6) is 0.459. The first-order chi connectivity index (χ1) is 16.0. The molecule has 2 aromatic heterocycles. The second kappa shape index (κ2) is 10.1. The van der Waals surface area contributed by atoms with Gasteiger partial charge < -0.3 is 19.2 Å². The average molecular weight is 451 g/mol. The monoisotopic (exact) mass is 451 g/mol. The Morgan fingerprint density at radius 2 is 1.91 bits per heavy atom. The summed E-state index contributed by atoms with van der Waals surface area (Å²) in [4.78, 5) is 17.1. The Balaban J connectivity index is 1.29. The Bertz CT molecular complexity index is 1240. The van der Waals surface area contributed by atoms with Crippen molar-refractivity contribution >= 4 is 11.6 Å². The highest BCUT2D eigenvalue weighted by Gasteiger charge is 2.09. The number of nitrogens with one attached hydrogen (secondary N) is 1. The van der Waals surface area contributed by atoms with Crippen molar-refractivity contribution in [1.82, 2.24) is 14.7 Å². The number of rotatable bonds is 9. The van der Waals surface area contributed by atoms with Crippen molar-refractivity contribution in [2.24, 2.45) is 0 Å². The van der Waals surface area contributed by atoms with E-state index in [1.165, 1.54) is 12.1 Å². The lowest BCUT2D eigenvalue weighted by Gasteiger charge is -2.09. The molecule has 0 aliphatic carbocycles. The van der Waals surface area contributed by atoms with E-state index in [0.717, 1.165) is 22.5 Å². The number of carbonyl (C=O) groups excluding carboxylic acids is 1. The van der Waals surface area contributed by atoms with Gasteiger partial charge in [-0.05, 0) is 60.9 Å². The molecule has 2 heterocycles. The zero-order valence-electron chi connectivity index (χ0n) is 18.0. The first-order valence-corrected chi connectivity index (χ1v) is 10.5. The van der Waals surface area contributed by atoms with Crippen LogP contribution in [0.1, 0.15) is 27.2 Å².